The van der Waals surface area contributed by atoms with E-state index in [1.165, 1.54) is 0 Å². The van der Waals surface area contributed by atoms with E-state index in [1.54, 1.807) is 4.90 Å². The topological polar surface area (TPSA) is 69.7 Å². The fourth-order valence-corrected chi connectivity index (χ4v) is 3.28. The number of hydrogen-bond acceptors (Lipinski definition) is 4. The Kier molecular flexibility index (Phi) is 7.54. The van der Waals surface area contributed by atoms with Crippen LogP contribution in [0.3, 0.4) is 0 Å². The van der Waals surface area contributed by atoms with Crippen LogP contribution >= 0.6 is 0 Å². The van der Waals surface area contributed by atoms with Gasteiger partial charge in [-0.1, -0.05) is 17.7 Å². The predicted molar refractivity (Wildman–Crippen MR) is 106 cm³/mol. The number of carbonyl (C=O) groups is 3. The number of rotatable bonds is 7. The highest BCUT2D eigenvalue weighted by atomic mass is 16.2. The average Bonchev–Trinajstić information content (AvgIpc) is 2.61. The molecule has 1 aromatic rings. The van der Waals surface area contributed by atoms with Gasteiger partial charge in [-0.2, -0.15) is 0 Å². The Morgan fingerprint density at radius 3 is 2.33 bits per heavy atom. The van der Waals surface area contributed by atoms with E-state index >= 15 is 0 Å². The van der Waals surface area contributed by atoms with Gasteiger partial charge in [-0.15, -0.1) is 0 Å². The number of amides is 2. The second kappa shape index (κ2) is 9.65. The van der Waals surface area contributed by atoms with Gasteiger partial charge in [0.05, 0.1) is 6.54 Å². The highest BCUT2D eigenvalue weighted by molar-refractivity contribution is 5.99. The van der Waals surface area contributed by atoms with Crippen LogP contribution in [0.4, 0.5) is 0 Å². The van der Waals surface area contributed by atoms with Crippen LogP contribution in [0.15, 0.2) is 18.2 Å². The molecule has 1 aliphatic rings. The third kappa shape index (κ3) is 6.47. The van der Waals surface area contributed by atoms with E-state index in [1.807, 2.05) is 45.9 Å². The van der Waals surface area contributed by atoms with E-state index in [0.717, 1.165) is 11.1 Å². The average molecular weight is 373 g/mol. The lowest BCUT2D eigenvalue weighted by Gasteiger charge is -2.34. The molecule has 6 heteroatoms. The fraction of sp³-hybridized carbons (Fsp3) is 0.571. The Morgan fingerprint density at radius 1 is 1.04 bits per heavy atom. The van der Waals surface area contributed by atoms with Gasteiger partial charge in [-0.25, -0.2) is 0 Å². The lowest BCUT2D eigenvalue weighted by Crippen LogP contribution is -2.51. The van der Waals surface area contributed by atoms with Gasteiger partial charge in [-0.3, -0.25) is 19.3 Å². The summed E-state index contributed by atoms with van der Waals surface area (Å²) in [5, 5.41) is 2.88. The van der Waals surface area contributed by atoms with Gasteiger partial charge in [0.1, 0.15) is 0 Å². The Labute approximate surface area is 161 Å². The summed E-state index contributed by atoms with van der Waals surface area (Å²) < 4.78 is 0. The number of ketones is 1. The molecular weight excluding hydrogens is 342 g/mol. The first-order chi connectivity index (χ1) is 12.8. The standard InChI is InChI=1S/C21H31N3O3/c1-15(2)22-20(26)14-23-9-11-24(12-10-23)21(27)8-7-19(25)18-13-16(3)5-6-17(18)4/h5-6,13,15H,7-12,14H2,1-4H3,(H,22,26). The van der Waals surface area contributed by atoms with Gasteiger partial charge in [0.15, 0.2) is 5.78 Å². The van der Waals surface area contributed by atoms with Crippen molar-refractivity contribution in [3.63, 3.8) is 0 Å². The summed E-state index contributed by atoms with van der Waals surface area (Å²) in [4.78, 5) is 40.6. The van der Waals surface area contributed by atoms with Crippen molar-refractivity contribution >= 4 is 17.6 Å². The fourth-order valence-electron chi connectivity index (χ4n) is 3.28. The monoisotopic (exact) mass is 373 g/mol. The SMILES string of the molecule is Cc1ccc(C)c(C(=O)CCC(=O)N2CCN(CC(=O)NC(C)C)CC2)c1. The molecule has 0 atom stereocenters. The molecule has 1 fully saturated rings. The van der Waals surface area contributed by atoms with Crippen molar-refractivity contribution in [2.75, 3.05) is 32.7 Å². The van der Waals surface area contributed by atoms with Crippen molar-refractivity contribution < 1.29 is 14.4 Å². The molecular formula is C21H31N3O3. The van der Waals surface area contributed by atoms with Crippen molar-refractivity contribution in [2.45, 2.75) is 46.6 Å². The first-order valence-corrected chi connectivity index (χ1v) is 9.66. The Balaban J connectivity index is 1.77. The normalized spacial score (nSPS) is 15.1. The Hall–Kier alpha value is -2.21. The van der Waals surface area contributed by atoms with Gasteiger partial charge < -0.3 is 10.2 Å². The second-order valence-corrected chi connectivity index (χ2v) is 7.62. The predicted octanol–water partition coefficient (Wildman–Crippen LogP) is 1.94. The van der Waals surface area contributed by atoms with Crippen LogP contribution in [0.25, 0.3) is 0 Å². The number of Topliss-reactive ketones (excluding diaryl/α,β-unsaturated/α-hetero) is 1. The van der Waals surface area contributed by atoms with Gasteiger partial charge >= 0.3 is 0 Å². The summed E-state index contributed by atoms with van der Waals surface area (Å²) in [6.07, 6.45) is 0.472. The van der Waals surface area contributed by atoms with E-state index in [4.69, 9.17) is 0 Å². The van der Waals surface area contributed by atoms with Crippen molar-refractivity contribution in [1.29, 1.82) is 0 Å². The number of nitrogens with zero attached hydrogens (tertiary/aromatic N) is 2. The molecule has 0 bridgehead atoms. The summed E-state index contributed by atoms with van der Waals surface area (Å²) in [5.74, 6) is 0.0531. The van der Waals surface area contributed by atoms with Gasteiger partial charge in [0.25, 0.3) is 0 Å². The third-order valence-corrected chi connectivity index (χ3v) is 4.80. The van der Waals surface area contributed by atoms with Crippen LogP contribution in [0.2, 0.25) is 0 Å². The highest BCUT2D eigenvalue weighted by Crippen LogP contribution is 2.15. The molecule has 0 aliphatic carbocycles. The summed E-state index contributed by atoms with van der Waals surface area (Å²) in [7, 11) is 0. The first kappa shape index (κ1) is 21.1. The highest BCUT2D eigenvalue weighted by Gasteiger charge is 2.23. The molecule has 0 radical (unpaired) electrons. The maximum atomic E-state index is 12.4. The zero-order chi connectivity index (χ0) is 20.0. The molecule has 0 aromatic heterocycles. The van der Waals surface area contributed by atoms with Gasteiger partial charge in [0.2, 0.25) is 11.8 Å². The van der Waals surface area contributed by atoms with E-state index < -0.39 is 0 Å². The van der Waals surface area contributed by atoms with Gasteiger partial charge in [0, 0.05) is 50.6 Å². The van der Waals surface area contributed by atoms with E-state index in [2.05, 4.69) is 10.2 Å². The minimum atomic E-state index is 0.0138. The summed E-state index contributed by atoms with van der Waals surface area (Å²) in [6, 6.07) is 5.95. The van der Waals surface area contributed by atoms with Gasteiger partial charge in [-0.05, 0) is 39.3 Å². The Morgan fingerprint density at radius 2 is 1.70 bits per heavy atom. The molecule has 0 saturated carbocycles. The third-order valence-electron chi connectivity index (χ3n) is 4.80. The number of nitrogens with one attached hydrogen (secondary N) is 1. The number of carbonyl (C=O) groups excluding carboxylic acids is 3. The van der Waals surface area contributed by atoms with Crippen LogP contribution in [0.1, 0.15) is 48.2 Å². The zero-order valence-corrected chi connectivity index (χ0v) is 16.9. The molecule has 27 heavy (non-hydrogen) atoms. The second-order valence-electron chi connectivity index (χ2n) is 7.62. The summed E-state index contributed by atoms with van der Waals surface area (Å²) in [6.45, 7) is 10.7. The lowest BCUT2D eigenvalue weighted by molar-refractivity contribution is -0.133. The largest absolute Gasteiger partial charge is 0.353 e. The van der Waals surface area contributed by atoms with Crippen LogP contribution in [-0.4, -0.2) is 66.2 Å². The van der Waals surface area contributed by atoms with Crippen LogP contribution < -0.4 is 5.32 Å². The van der Waals surface area contributed by atoms with Crippen molar-refractivity contribution in [3.05, 3.63) is 34.9 Å². The number of aryl methyl sites for hydroxylation is 2. The number of hydrogen-bond donors (Lipinski definition) is 1. The minimum absolute atomic E-state index is 0.0138. The molecule has 1 aliphatic heterocycles. The van der Waals surface area contributed by atoms with E-state index in [9.17, 15) is 14.4 Å². The lowest BCUT2D eigenvalue weighted by atomic mass is 9.99. The quantitative estimate of drug-likeness (QED) is 0.742. The molecule has 1 N–H and O–H groups in total. The molecule has 2 rings (SSSR count). The van der Waals surface area contributed by atoms with Crippen molar-refractivity contribution in [3.8, 4) is 0 Å². The zero-order valence-electron chi connectivity index (χ0n) is 16.9. The molecule has 1 aromatic carbocycles. The number of benzene rings is 1. The first-order valence-electron chi connectivity index (χ1n) is 9.66. The number of piperazine rings is 1. The summed E-state index contributed by atoms with van der Waals surface area (Å²) >= 11 is 0. The minimum Gasteiger partial charge on any atom is -0.353 e. The molecule has 1 heterocycles. The van der Waals surface area contributed by atoms with Crippen molar-refractivity contribution in [2.24, 2.45) is 0 Å². The van der Waals surface area contributed by atoms with Crippen molar-refractivity contribution in [1.82, 2.24) is 15.1 Å². The molecule has 0 unspecified atom stereocenters. The molecule has 1 saturated heterocycles. The van der Waals surface area contributed by atoms with Crippen LogP contribution in [0, 0.1) is 13.8 Å². The Bertz CT molecular complexity index is 692. The molecule has 148 valence electrons. The maximum absolute atomic E-state index is 12.4. The molecule has 2 amide bonds. The smallest absolute Gasteiger partial charge is 0.234 e. The maximum Gasteiger partial charge on any atom is 0.234 e. The molecule has 6 nitrogen and oxygen atoms in total. The van der Waals surface area contributed by atoms with E-state index in [-0.39, 0.29) is 36.5 Å². The molecule has 0 spiro atoms. The van der Waals surface area contributed by atoms with Crippen LogP contribution in [-0.2, 0) is 9.59 Å². The van der Waals surface area contributed by atoms with Crippen LogP contribution in [0.5, 0.6) is 0 Å². The van der Waals surface area contributed by atoms with E-state index in [0.29, 0.717) is 38.3 Å². The summed E-state index contributed by atoms with van der Waals surface area (Å²) in [5.41, 5.74) is 2.71.